The summed E-state index contributed by atoms with van der Waals surface area (Å²) in [6.07, 6.45) is 3.14. The summed E-state index contributed by atoms with van der Waals surface area (Å²) in [6, 6.07) is 4.96. The third kappa shape index (κ3) is 3.80. The number of hydrogen-bond donors (Lipinski definition) is 1. The Bertz CT molecular complexity index is 420. The minimum atomic E-state index is 0.104. The number of amides is 1. The Morgan fingerprint density at radius 2 is 2.11 bits per heavy atom. The van der Waals surface area contributed by atoms with Crippen molar-refractivity contribution in [1.82, 2.24) is 10.2 Å². The standard InChI is InChI=1S/C15H24N2OS/c1-4-13-5-6-14(19-13)15(18)16-12-7-9-17(10-8-12)11(2)3/h5-6,11-12H,4,7-10H2,1-3H3,(H,16,18). The lowest BCUT2D eigenvalue weighted by Crippen LogP contribution is -2.46. The predicted molar refractivity (Wildman–Crippen MR) is 80.9 cm³/mol. The van der Waals surface area contributed by atoms with E-state index in [1.807, 2.05) is 6.07 Å². The van der Waals surface area contributed by atoms with E-state index in [2.05, 4.69) is 37.1 Å². The van der Waals surface area contributed by atoms with E-state index in [1.165, 1.54) is 4.88 Å². The molecule has 0 aliphatic carbocycles. The van der Waals surface area contributed by atoms with E-state index in [9.17, 15) is 4.79 Å². The number of likely N-dealkylation sites (tertiary alicyclic amines) is 1. The molecular formula is C15H24N2OS. The van der Waals surface area contributed by atoms with Crippen molar-refractivity contribution in [3.05, 3.63) is 21.9 Å². The van der Waals surface area contributed by atoms with Crippen LogP contribution in [0.2, 0.25) is 0 Å². The number of thiophene rings is 1. The van der Waals surface area contributed by atoms with Gasteiger partial charge < -0.3 is 10.2 Å². The van der Waals surface area contributed by atoms with Crippen LogP contribution < -0.4 is 5.32 Å². The molecule has 3 nitrogen and oxygen atoms in total. The van der Waals surface area contributed by atoms with Crippen molar-refractivity contribution in [2.24, 2.45) is 0 Å². The van der Waals surface area contributed by atoms with Crippen LogP contribution in [-0.4, -0.2) is 36.0 Å². The number of carbonyl (C=O) groups is 1. The number of nitrogens with one attached hydrogen (secondary N) is 1. The number of rotatable bonds is 4. The summed E-state index contributed by atoms with van der Waals surface area (Å²) >= 11 is 1.61. The van der Waals surface area contributed by atoms with Crippen molar-refractivity contribution in [1.29, 1.82) is 0 Å². The molecule has 0 aromatic carbocycles. The van der Waals surface area contributed by atoms with Gasteiger partial charge in [0.2, 0.25) is 0 Å². The van der Waals surface area contributed by atoms with Gasteiger partial charge in [0.25, 0.3) is 5.91 Å². The minimum Gasteiger partial charge on any atom is -0.349 e. The summed E-state index contributed by atoms with van der Waals surface area (Å²) in [5.41, 5.74) is 0. The second kappa shape index (κ2) is 6.53. The summed E-state index contributed by atoms with van der Waals surface area (Å²) < 4.78 is 0. The molecule has 0 unspecified atom stereocenters. The van der Waals surface area contributed by atoms with Crippen LogP contribution in [0.25, 0.3) is 0 Å². The maximum atomic E-state index is 12.1. The monoisotopic (exact) mass is 280 g/mol. The SMILES string of the molecule is CCc1ccc(C(=O)NC2CCN(C(C)C)CC2)s1. The van der Waals surface area contributed by atoms with Crippen molar-refractivity contribution < 1.29 is 4.79 Å². The van der Waals surface area contributed by atoms with Crippen LogP contribution in [0.3, 0.4) is 0 Å². The van der Waals surface area contributed by atoms with Crippen molar-refractivity contribution in [3.8, 4) is 0 Å². The Balaban J connectivity index is 1.83. The molecule has 0 bridgehead atoms. The molecular weight excluding hydrogens is 256 g/mol. The fourth-order valence-electron chi connectivity index (χ4n) is 2.51. The van der Waals surface area contributed by atoms with E-state index < -0.39 is 0 Å². The quantitative estimate of drug-likeness (QED) is 0.919. The van der Waals surface area contributed by atoms with Gasteiger partial charge in [-0.15, -0.1) is 11.3 Å². The molecule has 1 fully saturated rings. The van der Waals surface area contributed by atoms with Crippen LogP contribution in [0.4, 0.5) is 0 Å². The highest BCUT2D eigenvalue weighted by Crippen LogP contribution is 2.18. The molecule has 1 saturated heterocycles. The second-order valence-electron chi connectivity index (χ2n) is 5.50. The fourth-order valence-corrected chi connectivity index (χ4v) is 3.36. The zero-order chi connectivity index (χ0) is 13.8. The molecule has 0 atom stereocenters. The number of hydrogen-bond acceptors (Lipinski definition) is 3. The molecule has 106 valence electrons. The second-order valence-corrected chi connectivity index (χ2v) is 6.67. The maximum absolute atomic E-state index is 12.1. The third-order valence-corrected chi connectivity index (χ3v) is 5.06. The highest BCUT2D eigenvalue weighted by atomic mass is 32.1. The highest BCUT2D eigenvalue weighted by Gasteiger charge is 2.22. The molecule has 2 rings (SSSR count). The highest BCUT2D eigenvalue weighted by molar-refractivity contribution is 7.14. The molecule has 0 saturated carbocycles. The van der Waals surface area contributed by atoms with Gasteiger partial charge in [-0.2, -0.15) is 0 Å². The average molecular weight is 280 g/mol. The van der Waals surface area contributed by atoms with Gasteiger partial charge in [0.15, 0.2) is 0 Å². The largest absolute Gasteiger partial charge is 0.349 e. The van der Waals surface area contributed by atoms with Gasteiger partial charge in [0.05, 0.1) is 4.88 Å². The summed E-state index contributed by atoms with van der Waals surface area (Å²) in [6.45, 7) is 8.77. The van der Waals surface area contributed by atoms with E-state index in [4.69, 9.17) is 0 Å². The number of aryl methyl sites for hydroxylation is 1. The van der Waals surface area contributed by atoms with E-state index in [-0.39, 0.29) is 5.91 Å². The van der Waals surface area contributed by atoms with E-state index in [1.54, 1.807) is 11.3 Å². The van der Waals surface area contributed by atoms with Crippen LogP contribution in [-0.2, 0) is 6.42 Å². The molecule has 2 heterocycles. The maximum Gasteiger partial charge on any atom is 0.261 e. The molecule has 1 aromatic heterocycles. The van der Waals surface area contributed by atoms with Crippen molar-refractivity contribution in [3.63, 3.8) is 0 Å². The molecule has 0 radical (unpaired) electrons. The van der Waals surface area contributed by atoms with Crippen molar-refractivity contribution in [2.75, 3.05) is 13.1 Å². The molecule has 19 heavy (non-hydrogen) atoms. The Morgan fingerprint density at radius 3 is 2.63 bits per heavy atom. The van der Waals surface area contributed by atoms with Gasteiger partial charge in [0, 0.05) is 30.1 Å². The fraction of sp³-hybridized carbons (Fsp3) is 0.667. The van der Waals surface area contributed by atoms with Gasteiger partial charge in [-0.3, -0.25) is 4.79 Å². The van der Waals surface area contributed by atoms with Crippen molar-refractivity contribution in [2.45, 2.75) is 52.1 Å². The van der Waals surface area contributed by atoms with E-state index in [0.29, 0.717) is 12.1 Å². The molecule has 1 aliphatic rings. The summed E-state index contributed by atoms with van der Waals surface area (Å²) in [5.74, 6) is 0.104. The summed E-state index contributed by atoms with van der Waals surface area (Å²) in [4.78, 5) is 16.7. The van der Waals surface area contributed by atoms with E-state index in [0.717, 1.165) is 37.2 Å². The lowest BCUT2D eigenvalue weighted by molar-refractivity contribution is 0.0904. The molecule has 0 spiro atoms. The van der Waals surface area contributed by atoms with E-state index >= 15 is 0 Å². The first-order chi connectivity index (χ1) is 9.10. The molecule has 1 N–H and O–H groups in total. The Labute approximate surface area is 120 Å². The number of piperidine rings is 1. The lowest BCUT2D eigenvalue weighted by Gasteiger charge is -2.34. The Hall–Kier alpha value is -0.870. The zero-order valence-electron chi connectivity index (χ0n) is 12.1. The predicted octanol–water partition coefficient (Wildman–Crippen LogP) is 2.91. The van der Waals surface area contributed by atoms with Crippen molar-refractivity contribution >= 4 is 17.2 Å². The minimum absolute atomic E-state index is 0.104. The van der Waals surface area contributed by atoms with Gasteiger partial charge >= 0.3 is 0 Å². The van der Waals surface area contributed by atoms with Crippen LogP contribution >= 0.6 is 11.3 Å². The third-order valence-electron chi connectivity index (χ3n) is 3.83. The van der Waals surface area contributed by atoms with Crippen LogP contribution in [0.1, 0.15) is 48.2 Å². The Kier molecular flexibility index (Phi) is 4.99. The molecule has 1 aromatic rings. The van der Waals surface area contributed by atoms with Crippen LogP contribution in [0.15, 0.2) is 12.1 Å². The molecule has 1 amide bonds. The smallest absolute Gasteiger partial charge is 0.261 e. The normalized spacial score (nSPS) is 17.9. The first-order valence-corrected chi connectivity index (χ1v) is 8.05. The summed E-state index contributed by atoms with van der Waals surface area (Å²) in [5, 5.41) is 3.18. The summed E-state index contributed by atoms with van der Waals surface area (Å²) in [7, 11) is 0. The number of nitrogens with zero attached hydrogens (tertiary/aromatic N) is 1. The topological polar surface area (TPSA) is 32.3 Å². The van der Waals surface area contributed by atoms with Gasteiger partial charge in [-0.05, 0) is 45.2 Å². The molecule has 1 aliphatic heterocycles. The van der Waals surface area contributed by atoms with Crippen LogP contribution in [0.5, 0.6) is 0 Å². The number of carbonyl (C=O) groups excluding carboxylic acids is 1. The zero-order valence-corrected chi connectivity index (χ0v) is 12.9. The lowest BCUT2D eigenvalue weighted by atomic mass is 10.0. The first-order valence-electron chi connectivity index (χ1n) is 7.23. The first kappa shape index (κ1) is 14.5. The van der Waals surface area contributed by atoms with Gasteiger partial charge in [-0.25, -0.2) is 0 Å². The van der Waals surface area contributed by atoms with Crippen LogP contribution in [0, 0.1) is 0 Å². The average Bonchev–Trinajstić information content (AvgIpc) is 2.88. The van der Waals surface area contributed by atoms with Gasteiger partial charge in [0.1, 0.15) is 0 Å². The Morgan fingerprint density at radius 1 is 1.42 bits per heavy atom. The molecule has 4 heteroatoms. The van der Waals surface area contributed by atoms with Gasteiger partial charge in [-0.1, -0.05) is 6.92 Å².